The van der Waals surface area contributed by atoms with E-state index in [-0.39, 0.29) is 30.4 Å². The molecule has 1 nitrogen and oxygen atoms in total. The van der Waals surface area contributed by atoms with Gasteiger partial charge >= 0.3 is 112 Å². The van der Waals surface area contributed by atoms with E-state index in [1.165, 1.54) is 5.57 Å². The topological polar surface area (TPSA) is 12.0 Å². The number of allylic oxidation sites excluding steroid dienone is 4. The monoisotopic (exact) mass is 341 g/mol. The van der Waals surface area contributed by atoms with Crippen LogP contribution in [-0.2, 0) is 16.8 Å². The van der Waals surface area contributed by atoms with Crippen molar-refractivity contribution >= 4 is 0 Å². The molecule has 1 N–H and O–H groups in total. The Morgan fingerprint density at radius 2 is 1.37 bits per heavy atom. The first-order valence-electron chi connectivity index (χ1n) is 6.65. The predicted molar refractivity (Wildman–Crippen MR) is 74.9 cm³/mol. The van der Waals surface area contributed by atoms with Gasteiger partial charge in [-0.15, -0.1) is 0 Å². The molecule has 1 rings (SSSR count). The molecular formula is C15H29Cl2NTi. The van der Waals surface area contributed by atoms with Crippen molar-refractivity contribution in [2.45, 2.75) is 64.5 Å². The Morgan fingerprint density at radius 3 is 1.63 bits per heavy atom. The van der Waals surface area contributed by atoms with Crippen LogP contribution in [0.2, 0.25) is 10.5 Å². The third-order valence-electron chi connectivity index (χ3n) is 4.00. The number of rotatable bonds is 2. The summed E-state index contributed by atoms with van der Waals surface area (Å²) in [7, 11) is 0. The molecule has 0 aliphatic heterocycles. The van der Waals surface area contributed by atoms with Gasteiger partial charge in [0.1, 0.15) is 0 Å². The number of hydrogen-bond acceptors (Lipinski definition) is 1. The van der Waals surface area contributed by atoms with Crippen molar-refractivity contribution in [3.8, 4) is 0 Å². The summed E-state index contributed by atoms with van der Waals surface area (Å²) >= 11 is -2.08. The van der Waals surface area contributed by atoms with E-state index in [1.54, 1.807) is 15.0 Å². The Labute approximate surface area is 136 Å². The number of halogens is 2. The summed E-state index contributed by atoms with van der Waals surface area (Å²) in [6.07, 6.45) is 0. The van der Waals surface area contributed by atoms with Crippen LogP contribution in [0, 0.1) is 5.92 Å². The fourth-order valence-corrected chi connectivity index (χ4v) is 10.3. The predicted octanol–water partition coefficient (Wildman–Crippen LogP) is -1.19. The van der Waals surface area contributed by atoms with Gasteiger partial charge in [-0.25, -0.2) is 0 Å². The molecule has 0 fully saturated rings. The molecule has 0 saturated carbocycles. The average molecular weight is 342 g/mol. The molecule has 0 bridgehead atoms. The van der Waals surface area contributed by atoms with Gasteiger partial charge in [0.2, 0.25) is 0 Å². The van der Waals surface area contributed by atoms with Gasteiger partial charge in [0.25, 0.3) is 0 Å². The van der Waals surface area contributed by atoms with Crippen molar-refractivity contribution in [1.82, 2.24) is 3.80 Å². The van der Waals surface area contributed by atoms with Gasteiger partial charge < -0.3 is 24.8 Å². The van der Waals surface area contributed by atoms with Crippen LogP contribution in [0.15, 0.2) is 20.6 Å². The van der Waals surface area contributed by atoms with E-state index in [0.29, 0.717) is 5.92 Å². The first kappa shape index (κ1) is 22.0. The molecule has 1 unspecified atom stereocenters. The first-order valence-corrected chi connectivity index (χ1v) is 11.3. The van der Waals surface area contributed by atoms with Crippen LogP contribution in [0.25, 0.3) is 0 Å². The summed E-state index contributed by atoms with van der Waals surface area (Å²) in [6.45, 7) is 16.1. The zero-order valence-corrected chi connectivity index (χ0v) is 16.9. The van der Waals surface area contributed by atoms with Crippen LogP contribution < -0.4 is 28.6 Å². The van der Waals surface area contributed by atoms with E-state index in [4.69, 9.17) is 0 Å². The quantitative estimate of drug-likeness (QED) is 0.623. The SMILES string of the molecule is CC1=C(C)C(C)[C]([Ti+2]([CH3])([CH3])[NH]C(C)(C)C)=C1C.[Cl-].[Cl-]. The Balaban J connectivity index is 0. The summed E-state index contributed by atoms with van der Waals surface area (Å²) in [6, 6.07) is 0. The molecule has 0 heterocycles. The normalized spacial score (nSPS) is 19.5. The van der Waals surface area contributed by atoms with Gasteiger partial charge in [-0.2, -0.15) is 0 Å². The van der Waals surface area contributed by atoms with Gasteiger partial charge in [-0.05, 0) is 0 Å². The minimum Gasteiger partial charge on any atom is -1.00 e. The average Bonchev–Trinajstić information content (AvgIpc) is 2.27. The largest absolute Gasteiger partial charge is 1.00 e. The van der Waals surface area contributed by atoms with Crippen LogP contribution >= 0.6 is 0 Å². The molecule has 0 aromatic carbocycles. The molecule has 0 aromatic rings. The standard InChI is InChI=1S/C9H13.C4H10N.2CH3.2ClH.Ti/c1-6-5-7(2)9(4)8(6)3;1-4(2,3)5;;;;;/h6H,1-4H3;5H,1-3H3;2*1H3;2*1H;/q;-1;;;;;+3/p-2. The van der Waals surface area contributed by atoms with Crippen LogP contribution in [0.4, 0.5) is 0 Å². The molecule has 19 heavy (non-hydrogen) atoms. The molecule has 4 heteroatoms. The maximum atomic E-state index is 3.94. The third-order valence-corrected chi connectivity index (χ3v) is 9.51. The van der Waals surface area contributed by atoms with E-state index in [9.17, 15) is 0 Å². The summed E-state index contributed by atoms with van der Waals surface area (Å²) in [5.41, 5.74) is 4.89. The Kier molecular flexibility index (Phi) is 8.27. The smallest absolute Gasteiger partial charge is 1.00 e. The van der Waals surface area contributed by atoms with Crippen molar-refractivity contribution in [2.75, 3.05) is 0 Å². The van der Waals surface area contributed by atoms with Crippen molar-refractivity contribution < 1.29 is 41.7 Å². The van der Waals surface area contributed by atoms with Crippen molar-refractivity contribution in [3.63, 3.8) is 0 Å². The molecule has 1 atom stereocenters. The second-order valence-corrected chi connectivity index (χ2v) is 13.4. The van der Waals surface area contributed by atoms with Gasteiger partial charge in [-0.3, -0.25) is 0 Å². The summed E-state index contributed by atoms with van der Waals surface area (Å²) in [5, 5.41) is 4.99. The molecular weight excluding hydrogens is 313 g/mol. The van der Waals surface area contributed by atoms with E-state index in [0.717, 1.165) is 0 Å². The molecule has 0 aromatic heterocycles. The molecule has 112 valence electrons. The van der Waals surface area contributed by atoms with E-state index in [1.807, 2.05) is 0 Å². The summed E-state index contributed by atoms with van der Waals surface area (Å²) in [4.78, 5) is 0. The van der Waals surface area contributed by atoms with Crippen molar-refractivity contribution in [1.29, 1.82) is 0 Å². The zero-order valence-electron chi connectivity index (χ0n) is 13.8. The zero-order chi connectivity index (χ0) is 13.6. The van der Waals surface area contributed by atoms with E-state index >= 15 is 0 Å². The maximum Gasteiger partial charge on any atom is -1.00 e. The number of hydrogen-bond donors (Lipinski definition) is 1. The van der Waals surface area contributed by atoms with Crippen LogP contribution in [0.1, 0.15) is 48.5 Å². The molecule has 0 saturated heterocycles. The fraction of sp³-hybridized carbons (Fsp3) is 0.733. The molecule has 0 spiro atoms. The Hall–Kier alpha value is 0.734. The van der Waals surface area contributed by atoms with Gasteiger partial charge in [0.05, 0.1) is 0 Å². The Morgan fingerprint density at radius 1 is 0.947 bits per heavy atom. The maximum absolute atomic E-state index is 3.94. The molecule has 1 aliphatic rings. The van der Waals surface area contributed by atoms with Gasteiger partial charge in [0.15, 0.2) is 0 Å². The fourth-order valence-electron chi connectivity index (χ4n) is 3.38. The summed E-state index contributed by atoms with van der Waals surface area (Å²) < 4.78 is 5.69. The Bertz CT molecular complexity index is 389. The minimum atomic E-state index is -2.08. The molecule has 0 amide bonds. The molecule has 0 radical (unpaired) electrons. The second-order valence-electron chi connectivity index (χ2n) is 7.07. The van der Waals surface area contributed by atoms with Crippen LogP contribution in [-0.4, -0.2) is 5.54 Å². The van der Waals surface area contributed by atoms with Crippen molar-refractivity contribution in [2.24, 2.45) is 5.92 Å². The van der Waals surface area contributed by atoms with E-state index < -0.39 is 16.8 Å². The minimum absolute atomic E-state index is 0. The second kappa shape index (κ2) is 7.14. The van der Waals surface area contributed by atoms with E-state index in [2.05, 4.69) is 62.7 Å². The third kappa shape index (κ3) is 4.90. The number of nitrogens with one attached hydrogen (secondary N) is 1. The van der Waals surface area contributed by atoms with Crippen LogP contribution in [0.5, 0.6) is 0 Å². The molecule has 1 aliphatic carbocycles. The van der Waals surface area contributed by atoms with Crippen LogP contribution in [0.3, 0.4) is 0 Å². The van der Waals surface area contributed by atoms with Gasteiger partial charge in [-0.1, -0.05) is 0 Å². The summed E-state index contributed by atoms with van der Waals surface area (Å²) in [5.74, 6) is 0.653. The van der Waals surface area contributed by atoms with Crippen molar-refractivity contribution in [3.05, 3.63) is 20.6 Å². The first-order chi connectivity index (χ1) is 7.47. The van der Waals surface area contributed by atoms with Gasteiger partial charge in [0, 0.05) is 0 Å².